The van der Waals surface area contributed by atoms with Crippen LogP contribution in [0, 0.1) is 28.4 Å². The Morgan fingerprint density at radius 3 is 2.75 bits per heavy atom. The maximum absolute atomic E-state index is 14.0. The quantitative estimate of drug-likeness (QED) is 0.898. The van der Waals surface area contributed by atoms with Crippen LogP contribution in [0.15, 0.2) is 12.1 Å². The summed E-state index contributed by atoms with van der Waals surface area (Å²) in [5.74, 6) is -2.29. The number of hydrogen-bond donors (Lipinski definition) is 1. The van der Waals surface area contributed by atoms with Crippen LogP contribution in [0.5, 0.6) is 0 Å². The minimum Gasteiger partial charge on any atom is -0.368 e. The van der Waals surface area contributed by atoms with Gasteiger partial charge >= 0.3 is 0 Å². The van der Waals surface area contributed by atoms with Crippen LogP contribution in [0.4, 0.5) is 14.5 Å². The fourth-order valence-corrected chi connectivity index (χ4v) is 2.52. The molecule has 1 atom stereocenters. The summed E-state index contributed by atoms with van der Waals surface area (Å²) >= 11 is 0. The molecule has 1 aromatic carbocycles. The highest BCUT2D eigenvalue weighted by molar-refractivity contribution is 5.83. The summed E-state index contributed by atoms with van der Waals surface area (Å²) in [4.78, 5) is 13.5. The number of nitrogens with zero attached hydrogens (tertiary/aromatic N) is 2. The summed E-state index contributed by atoms with van der Waals surface area (Å²) in [6, 6.07) is 4.23. The van der Waals surface area contributed by atoms with Gasteiger partial charge in [-0.1, -0.05) is 0 Å². The number of rotatable bonds is 2. The Bertz CT molecular complexity index is 597. The monoisotopic (exact) mass is 279 g/mol. The van der Waals surface area contributed by atoms with Crippen molar-refractivity contribution in [3.63, 3.8) is 0 Å². The van der Waals surface area contributed by atoms with Crippen molar-refractivity contribution in [2.24, 2.45) is 5.41 Å². The van der Waals surface area contributed by atoms with Gasteiger partial charge in [-0.25, -0.2) is 8.78 Å². The van der Waals surface area contributed by atoms with E-state index >= 15 is 0 Å². The van der Waals surface area contributed by atoms with Gasteiger partial charge in [0.1, 0.15) is 6.07 Å². The van der Waals surface area contributed by atoms with Crippen LogP contribution in [-0.2, 0) is 4.79 Å². The van der Waals surface area contributed by atoms with E-state index in [1.165, 1.54) is 12.1 Å². The van der Waals surface area contributed by atoms with Crippen molar-refractivity contribution in [1.29, 1.82) is 5.26 Å². The molecular weight excluding hydrogens is 264 g/mol. The summed E-state index contributed by atoms with van der Waals surface area (Å²) in [5, 5.41) is 11.3. The van der Waals surface area contributed by atoms with Gasteiger partial charge < -0.3 is 10.2 Å². The van der Waals surface area contributed by atoms with Crippen molar-refractivity contribution in [2.45, 2.75) is 13.3 Å². The summed E-state index contributed by atoms with van der Waals surface area (Å²) < 4.78 is 27.6. The van der Waals surface area contributed by atoms with Crippen LogP contribution in [0.25, 0.3) is 0 Å². The minimum atomic E-state index is -1.14. The second-order valence-electron chi connectivity index (χ2n) is 5.18. The van der Waals surface area contributed by atoms with Crippen molar-refractivity contribution in [2.75, 3.05) is 25.0 Å². The van der Waals surface area contributed by atoms with E-state index in [0.29, 0.717) is 19.5 Å². The number of carbonyl (C=O) groups excluding carboxylic acids is 1. The Hall–Kier alpha value is -2.16. The number of nitrogens with one attached hydrogen (secondary N) is 1. The Balaban J connectivity index is 2.30. The third-order valence-corrected chi connectivity index (χ3v) is 3.77. The van der Waals surface area contributed by atoms with E-state index < -0.39 is 17.0 Å². The predicted molar refractivity (Wildman–Crippen MR) is 70.1 cm³/mol. The number of benzene rings is 1. The highest BCUT2D eigenvalue weighted by atomic mass is 19.2. The second kappa shape index (κ2) is 5.08. The molecule has 1 aliphatic heterocycles. The first-order chi connectivity index (χ1) is 9.42. The average Bonchev–Trinajstić information content (AvgIpc) is 2.84. The summed E-state index contributed by atoms with van der Waals surface area (Å²) in [7, 11) is 1.55. The van der Waals surface area contributed by atoms with Crippen molar-refractivity contribution in [3.8, 4) is 6.07 Å². The van der Waals surface area contributed by atoms with Gasteiger partial charge in [-0.05, 0) is 25.5 Å². The van der Waals surface area contributed by atoms with Gasteiger partial charge in [0.15, 0.2) is 11.6 Å². The second-order valence-corrected chi connectivity index (χ2v) is 5.18. The molecule has 1 aromatic rings. The van der Waals surface area contributed by atoms with Gasteiger partial charge in [-0.15, -0.1) is 0 Å². The van der Waals surface area contributed by atoms with E-state index in [9.17, 15) is 13.6 Å². The first-order valence-electron chi connectivity index (χ1n) is 6.28. The number of anilines is 1. The predicted octanol–water partition coefficient (Wildman–Crippen LogP) is 1.80. The average molecular weight is 279 g/mol. The van der Waals surface area contributed by atoms with E-state index in [-0.39, 0.29) is 17.2 Å². The standard InChI is InChI=1S/C14H15F2N3O/c1-14(13(20)18-2)5-6-19(8-14)10-4-3-9(7-17)11(15)12(10)16/h3-4H,5-6,8H2,1-2H3,(H,18,20). The van der Waals surface area contributed by atoms with Gasteiger partial charge in [-0.2, -0.15) is 5.26 Å². The summed E-state index contributed by atoms with van der Waals surface area (Å²) in [6.07, 6.45) is 0.563. The van der Waals surface area contributed by atoms with Crippen LogP contribution in [0.2, 0.25) is 0 Å². The maximum atomic E-state index is 14.0. The van der Waals surface area contributed by atoms with Gasteiger partial charge in [-0.3, -0.25) is 4.79 Å². The molecule has 1 amide bonds. The van der Waals surface area contributed by atoms with Gasteiger partial charge in [0.05, 0.1) is 16.7 Å². The Morgan fingerprint density at radius 1 is 1.45 bits per heavy atom. The maximum Gasteiger partial charge on any atom is 0.227 e. The molecule has 106 valence electrons. The SMILES string of the molecule is CNC(=O)C1(C)CCN(c2ccc(C#N)c(F)c2F)C1. The molecule has 1 saturated heterocycles. The summed E-state index contributed by atoms with van der Waals surface area (Å²) in [6.45, 7) is 2.57. The van der Waals surface area contributed by atoms with E-state index in [1.54, 1.807) is 24.9 Å². The zero-order valence-electron chi connectivity index (χ0n) is 11.3. The highest BCUT2D eigenvalue weighted by Gasteiger charge is 2.40. The summed E-state index contributed by atoms with van der Waals surface area (Å²) in [5.41, 5.74) is -0.848. The van der Waals surface area contributed by atoms with E-state index in [2.05, 4.69) is 5.32 Å². The van der Waals surface area contributed by atoms with Crippen molar-refractivity contribution >= 4 is 11.6 Å². The first kappa shape index (κ1) is 14.3. The highest BCUT2D eigenvalue weighted by Crippen LogP contribution is 2.35. The Kier molecular flexibility index (Phi) is 3.62. The van der Waals surface area contributed by atoms with Crippen LogP contribution in [0.1, 0.15) is 18.9 Å². The molecule has 0 bridgehead atoms. The smallest absolute Gasteiger partial charge is 0.227 e. The zero-order chi connectivity index (χ0) is 14.9. The lowest BCUT2D eigenvalue weighted by molar-refractivity contribution is -0.128. The third-order valence-electron chi connectivity index (χ3n) is 3.77. The molecular formula is C14H15F2N3O. The molecule has 0 radical (unpaired) electrons. The molecule has 1 heterocycles. The van der Waals surface area contributed by atoms with Gasteiger partial charge in [0.2, 0.25) is 5.91 Å². The molecule has 1 unspecified atom stereocenters. The van der Waals surface area contributed by atoms with Gasteiger partial charge in [0.25, 0.3) is 0 Å². The molecule has 20 heavy (non-hydrogen) atoms. The van der Waals surface area contributed by atoms with Crippen LogP contribution in [-0.4, -0.2) is 26.0 Å². The fourth-order valence-electron chi connectivity index (χ4n) is 2.52. The molecule has 1 fully saturated rings. The fraction of sp³-hybridized carbons (Fsp3) is 0.429. The van der Waals surface area contributed by atoms with E-state index in [1.807, 2.05) is 0 Å². The first-order valence-corrected chi connectivity index (χ1v) is 6.28. The van der Waals surface area contributed by atoms with Crippen molar-refractivity contribution < 1.29 is 13.6 Å². The van der Waals surface area contributed by atoms with E-state index in [4.69, 9.17) is 5.26 Å². The van der Waals surface area contributed by atoms with Crippen molar-refractivity contribution in [3.05, 3.63) is 29.3 Å². The van der Waals surface area contributed by atoms with Crippen molar-refractivity contribution in [1.82, 2.24) is 5.32 Å². The lowest BCUT2D eigenvalue weighted by Gasteiger charge is -2.24. The number of hydrogen-bond acceptors (Lipinski definition) is 3. The molecule has 1 aliphatic rings. The molecule has 0 saturated carbocycles. The Morgan fingerprint density at radius 2 is 2.15 bits per heavy atom. The number of halogens is 2. The van der Waals surface area contributed by atoms with Crippen LogP contribution >= 0.6 is 0 Å². The number of nitriles is 1. The Labute approximate surface area is 116 Å². The molecule has 4 nitrogen and oxygen atoms in total. The molecule has 6 heteroatoms. The molecule has 2 rings (SSSR count). The molecule has 0 aliphatic carbocycles. The lowest BCUT2D eigenvalue weighted by Crippen LogP contribution is -2.39. The largest absolute Gasteiger partial charge is 0.368 e. The number of carbonyl (C=O) groups is 1. The van der Waals surface area contributed by atoms with E-state index in [0.717, 1.165) is 0 Å². The third kappa shape index (κ3) is 2.20. The normalized spacial score (nSPS) is 21.6. The molecule has 0 aromatic heterocycles. The molecule has 0 spiro atoms. The minimum absolute atomic E-state index is 0.0918. The lowest BCUT2D eigenvalue weighted by atomic mass is 9.89. The van der Waals surface area contributed by atoms with Crippen LogP contribution < -0.4 is 10.2 Å². The zero-order valence-corrected chi connectivity index (χ0v) is 11.3. The topological polar surface area (TPSA) is 56.1 Å². The molecule has 1 N–H and O–H groups in total. The number of amides is 1. The van der Waals surface area contributed by atoms with Crippen LogP contribution in [0.3, 0.4) is 0 Å². The van der Waals surface area contributed by atoms with Gasteiger partial charge in [0, 0.05) is 20.1 Å².